The van der Waals surface area contributed by atoms with Crippen LogP contribution in [0.15, 0.2) is 54.9 Å². The summed E-state index contributed by atoms with van der Waals surface area (Å²) >= 11 is 0. The van der Waals surface area contributed by atoms with E-state index in [1.165, 1.54) is 36.8 Å². The molecular formula is C28H29FN8O6. The van der Waals surface area contributed by atoms with Gasteiger partial charge in [0, 0.05) is 20.4 Å². The Bertz CT molecular complexity index is 1690. The van der Waals surface area contributed by atoms with Crippen molar-refractivity contribution in [2.45, 2.75) is 40.0 Å². The summed E-state index contributed by atoms with van der Waals surface area (Å²) in [4.78, 5) is 63.4. The highest BCUT2D eigenvalue weighted by atomic mass is 19.1. The maximum Gasteiger partial charge on any atom is 0.322 e. The number of aryl methyl sites for hydroxylation is 1. The lowest BCUT2D eigenvalue weighted by Crippen LogP contribution is -2.26. The fourth-order valence-corrected chi connectivity index (χ4v) is 3.77. The predicted molar refractivity (Wildman–Crippen MR) is 150 cm³/mol. The number of nitrogens with two attached hydrogens (primary N) is 1. The van der Waals surface area contributed by atoms with Gasteiger partial charge in [0.2, 0.25) is 5.91 Å². The minimum absolute atomic E-state index is 0.0872. The molecule has 1 unspecified atom stereocenters. The van der Waals surface area contributed by atoms with Crippen molar-refractivity contribution < 1.29 is 33.5 Å². The van der Waals surface area contributed by atoms with Gasteiger partial charge in [-0.1, -0.05) is 36.4 Å². The topological polar surface area (TPSA) is 211 Å². The zero-order valence-electron chi connectivity index (χ0n) is 23.4. The molecule has 1 fully saturated rings. The lowest BCUT2D eigenvalue weighted by molar-refractivity contribution is -0.120. The first-order chi connectivity index (χ1) is 20.4. The summed E-state index contributed by atoms with van der Waals surface area (Å²) in [6, 6.07) is 11.8. The zero-order valence-corrected chi connectivity index (χ0v) is 23.4. The number of urea groups is 1. The maximum atomic E-state index is 13.3. The molecule has 1 aliphatic rings. The third-order valence-electron chi connectivity index (χ3n) is 5.76. The van der Waals surface area contributed by atoms with Gasteiger partial charge >= 0.3 is 6.03 Å². The molecule has 1 atom stereocenters. The highest BCUT2D eigenvalue weighted by molar-refractivity contribution is 6.04. The quantitative estimate of drug-likeness (QED) is 0.161. The number of nitrogens with zero attached hydrogens (tertiary/aromatic N) is 4. The van der Waals surface area contributed by atoms with Crippen LogP contribution in [0.1, 0.15) is 63.1 Å². The maximum absolute atomic E-state index is 13.3. The Morgan fingerprint density at radius 2 is 1.81 bits per heavy atom. The average molecular weight is 593 g/mol. The molecular weight excluding hydrogens is 563 g/mol. The van der Waals surface area contributed by atoms with Crippen LogP contribution in [0.2, 0.25) is 0 Å². The number of halogens is 1. The first-order valence-corrected chi connectivity index (χ1v) is 12.7. The number of primary amides is 1. The molecule has 15 heteroatoms. The van der Waals surface area contributed by atoms with Gasteiger partial charge in [-0.05, 0) is 41.3 Å². The van der Waals surface area contributed by atoms with E-state index in [2.05, 4.69) is 36.8 Å². The van der Waals surface area contributed by atoms with Crippen LogP contribution in [0.5, 0.6) is 0 Å². The van der Waals surface area contributed by atoms with E-state index < -0.39 is 18.0 Å². The monoisotopic (exact) mass is 592 g/mol. The van der Waals surface area contributed by atoms with Crippen molar-refractivity contribution in [3.05, 3.63) is 94.3 Å². The number of aromatic nitrogens is 4. The van der Waals surface area contributed by atoms with Crippen molar-refractivity contribution in [2.24, 2.45) is 5.73 Å². The van der Waals surface area contributed by atoms with E-state index in [0.717, 1.165) is 5.56 Å². The molecule has 14 nitrogen and oxygen atoms in total. The molecule has 0 aliphatic carbocycles. The fourth-order valence-electron chi connectivity index (χ4n) is 3.77. The molecule has 4 aromatic rings. The van der Waals surface area contributed by atoms with Crippen molar-refractivity contribution in [2.75, 3.05) is 0 Å². The van der Waals surface area contributed by atoms with Crippen LogP contribution in [0, 0.1) is 12.7 Å². The molecule has 0 radical (unpaired) electrons. The minimum atomic E-state index is -0.649. The van der Waals surface area contributed by atoms with Crippen molar-refractivity contribution in [1.82, 2.24) is 35.5 Å². The third kappa shape index (κ3) is 8.71. The molecule has 5 amide bonds. The lowest BCUT2D eigenvalue weighted by atomic mass is 10.0. The van der Waals surface area contributed by atoms with Crippen LogP contribution in [0.25, 0.3) is 5.78 Å². The molecule has 0 spiro atoms. The Kier molecular flexibility index (Phi) is 10.7. The standard InChI is InChI=1S/C16H14FN5O2.C10H10N2O3.C2H5NO/c1-9-5-11(3-4-12(9)17)7-18-15(24)14-6-13(10(2)23)21-16-19-8-20-22(14)16;13-5-6-2-1-3-7(4-6)8-9(14)12-10(15)11-8;1-2(3)4/h3-6,8H,7H2,1-2H3,(H,18,24);1-4,8,13H,5H2,(H2,11,12,14,15);1H3,(H2,3,4). The van der Waals surface area contributed by atoms with Crippen LogP contribution in [-0.4, -0.2) is 54.2 Å². The minimum Gasteiger partial charge on any atom is -0.392 e. The number of hydrogen-bond acceptors (Lipinski definition) is 9. The average Bonchev–Trinajstić information content (AvgIpc) is 3.58. The van der Waals surface area contributed by atoms with E-state index in [1.54, 1.807) is 43.3 Å². The van der Waals surface area contributed by atoms with E-state index in [-0.39, 0.29) is 53.7 Å². The van der Waals surface area contributed by atoms with Gasteiger partial charge in [-0.25, -0.2) is 14.2 Å². The van der Waals surface area contributed by atoms with E-state index in [1.807, 2.05) is 0 Å². The predicted octanol–water partition coefficient (Wildman–Crippen LogP) is 1.26. The highest BCUT2D eigenvalue weighted by Gasteiger charge is 2.30. The summed E-state index contributed by atoms with van der Waals surface area (Å²) in [5, 5.41) is 20.2. The molecule has 3 heterocycles. The number of Topliss-reactive ketones (excluding diaryl/α,β-unsaturated/α-hetero) is 1. The third-order valence-corrected chi connectivity index (χ3v) is 5.76. The van der Waals surface area contributed by atoms with Gasteiger partial charge in [-0.15, -0.1) is 0 Å². The van der Waals surface area contributed by atoms with E-state index in [0.29, 0.717) is 16.7 Å². The van der Waals surface area contributed by atoms with Crippen LogP contribution in [0.4, 0.5) is 9.18 Å². The fraction of sp³-hybridized carbons (Fsp3) is 0.214. The number of amides is 5. The number of fused-ring (bicyclic) bond motifs is 1. The number of carbonyl (C=O) groups excluding carboxylic acids is 5. The molecule has 2 aromatic heterocycles. The van der Waals surface area contributed by atoms with E-state index in [9.17, 15) is 28.4 Å². The van der Waals surface area contributed by atoms with E-state index in [4.69, 9.17) is 5.11 Å². The second kappa shape index (κ2) is 14.4. The van der Waals surface area contributed by atoms with Crippen molar-refractivity contribution in [3.8, 4) is 0 Å². The Morgan fingerprint density at radius 3 is 2.42 bits per heavy atom. The second-order valence-electron chi connectivity index (χ2n) is 9.23. The molecule has 0 bridgehead atoms. The van der Waals surface area contributed by atoms with Crippen molar-refractivity contribution >= 4 is 35.3 Å². The van der Waals surface area contributed by atoms with Gasteiger partial charge in [-0.2, -0.15) is 14.6 Å². The number of ketones is 1. The number of aliphatic hydroxyl groups is 1. The first-order valence-electron chi connectivity index (χ1n) is 12.7. The highest BCUT2D eigenvalue weighted by Crippen LogP contribution is 2.18. The van der Waals surface area contributed by atoms with Gasteiger partial charge < -0.3 is 21.5 Å². The summed E-state index contributed by atoms with van der Waals surface area (Å²) < 4.78 is 14.5. The second-order valence-corrected chi connectivity index (χ2v) is 9.23. The molecule has 1 saturated heterocycles. The summed E-state index contributed by atoms with van der Waals surface area (Å²) in [6.07, 6.45) is 1.26. The summed E-state index contributed by atoms with van der Waals surface area (Å²) in [5.74, 6) is -1.53. The van der Waals surface area contributed by atoms with Crippen LogP contribution in [0.3, 0.4) is 0 Å². The Morgan fingerprint density at radius 1 is 1.09 bits per heavy atom. The largest absolute Gasteiger partial charge is 0.392 e. The molecule has 6 N–H and O–H groups in total. The number of carbonyl (C=O) groups is 5. The molecule has 0 saturated carbocycles. The molecule has 2 aromatic carbocycles. The molecule has 5 rings (SSSR count). The normalized spacial score (nSPS) is 13.6. The smallest absolute Gasteiger partial charge is 0.322 e. The number of nitrogens with one attached hydrogen (secondary N) is 3. The van der Waals surface area contributed by atoms with E-state index >= 15 is 0 Å². The SMILES string of the molecule is CC(=O)c1cc(C(=O)NCc2ccc(F)c(C)c2)n2ncnc2n1.CC(N)=O.O=C1NC(=O)C(c2cccc(CO)c2)N1. The Labute approximate surface area is 244 Å². The molecule has 43 heavy (non-hydrogen) atoms. The van der Waals surface area contributed by atoms with Gasteiger partial charge in [0.15, 0.2) is 5.78 Å². The zero-order chi connectivity index (χ0) is 31.7. The number of hydrogen-bond donors (Lipinski definition) is 5. The Balaban J connectivity index is 0.000000227. The van der Waals surface area contributed by atoms with Crippen molar-refractivity contribution in [3.63, 3.8) is 0 Å². The number of imide groups is 1. The number of rotatable bonds is 6. The summed E-state index contributed by atoms with van der Waals surface area (Å²) in [7, 11) is 0. The van der Waals surface area contributed by atoms with Crippen molar-refractivity contribution in [1.29, 1.82) is 0 Å². The van der Waals surface area contributed by atoms with Crippen LogP contribution >= 0.6 is 0 Å². The first kappa shape index (κ1) is 32.0. The van der Waals surface area contributed by atoms with Gasteiger partial charge in [0.25, 0.3) is 17.6 Å². The molecule has 1 aliphatic heterocycles. The summed E-state index contributed by atoms with van der Waals surface area (Å²) in [5.41, 5.74) is 7.41. The van der Waals surface area contributed by atoms with Gasteiger partial charge in [0.05, 0.1) is 6.61 Å². The number of benzene rings is 2. The van der Waals surface area contributed by atoms with Crippen LogP contribution < -0.4 is 21.7 Å². The Hall–Kier alpha value is -5.57. The molecule has 224 valence electrons. The van der Waals surface area contributed by atoms with Gasteiger partial charge in [0.1, 0.15) is 29.6 Å². The van der Waals surface area contributed by atoms with Crippen LogP contribution in [-0.2, 0) is 22.7 Å². The summed E-state index contributed by atoms with van der Waals surface area (Å²) in [6.45, 7) is 4.45. The van der Waals surface area contributed by atoms with Gasteiger partial charge in [-0.3, -0.25) is 24.5 Å². The number of aliphatic hydroxyl groups excluding tert-OH is 1. The lowest BCUT2D eigenvalue weighted by Gasteiger charge is -2.08.